The van der Waals surface area contributed by atoms with Crippen LogP contribution in [0.15, 0.2) is 24.3 Å². The molecule has 1 aliphatic rings. The minimum atomic E-state index is -2.70. The van der Waals surface area contributed by atoms with Gasteiger partial charge in [-0.3, -0.25) is 4.79 Å². The molecule has 2 heterocycles. The van der Waals surface area contributed by atoms with Crippen molar-refractivity contribution in [1.29, 1.82) is 0 Å². The molecule has 0 radical (unpaired) electrons. The van der Waals surface area contributed by atoms with Crippen LogP contribution in [0, 0.1) is 13.8 Å². The maximum absolute atomic E-state index is 12.9. The van der Waals surface area contributed by atoms with Crippen LogP contribution in [0.3, 0.4) is 0 Å². The number of halogens is 2. The second kappa shape index (κ2) is 7.31. The summed E-state index contributed by atoms with van der Waals surface area (Å²) in [6.07, 6.45) is 1.03. The molecule has 25 heavy (non-hydrogen) atoms. The van der Waals surface area contributed by atoms with Crippen LogP contribution in [0.25, 0.3) is 0 Å². The fourth-order valence-corrected chi connectivity index (χ4v) is 3.36. The van der Waals surface area contributed by atoms with Gasteiger partial charge in [0.2, 0.25) is 5.91 Å². The van der Waals surface area contributed by atoms with Crippen molar-refractivity contribution < 1.29 is 13.6 Å². The molecule has 1 atom stereocenters. The van der Waals surface area contributed by atoms with Gasteiger partial charge in [-0.25, -0.2) is 4.68 Å². The molecule has 0 fully saturated rings. The lowest BCUT2D eigenvalue weighted by Crippen LogP contribution is -2.39. The van der Waals surface area contributed by atoms with Crippen LogP contribution in [-0.2, 0) is 17.6 Å². The van der Waals surface area contributed by atoms with E-state index in [0.29, 0.717) is 28.2 Å². The van der Waals surface area contributed by atoms with Crippen molar-refractivity contribution in [3.8, 4) is 0 Å². The van der Waals surface area contributed by atoms with E-state index in [4.69, 9.17) is 0 Å². The number of carbonyl (C=O) groups excluding carboxylic acids is 1. The van der Waals surface area contributed by atoms with Crippen LogP contribution in [0.4, 0.5) is 8.78 Å². The first-order valence-electron chi connectivity index (χ1n) is 8.38. The molecule has 7 heteroatoms. The second-order valence-electron chi connectivity index (χ2n) is 6.31. The fourth-order valence-electron chi connectivity index (χ4n) is 3.36. The summed E-state index contributed by atoms with van der Waals surface area (Å²) in [6, 6.07) is 8.26. The van der Waals surface area contributed by atoms with Gasteiger partial charge >= 0.3 is 6.55 Å². The molecule has 1 aromatic carbocycles. The third-order valence-corrected chi connectivity index (χ3v) is 4.72. The Morgan fingerprint density at radius 3 is 2.88 bits per heavy atom. The lowest BCUT2D eigenvalue weighted by atomic mass is 9.94. The Bertz CT molecular complexity index is 772. The number of fused-ring (bicyclic) bond motifs is 1. The van der Waals surface area contributed by atoms with Crippen LogP contribution in [-0.4, -0.2) is 28.8 Å². The lowest BCUT2D eigenvalue weighted by molar-refractivity contribution is -0.120. The van der Waals surface area contributed by atoms with Gasteiger partial charge in [0.25, 0.3) is 0 Å². The fraction of sp³-hybridized carbons (Fsp3) is 0.444. The van der Waals surface area contributed by atoms with E-state index >= 15 is 0 Å². The zero-order chi connectivity index (χ0) is 18.0. The topological polar surface area (TPSA) is 59.0 Å². The van der Waals surface area contributed by atoms with Gasteiger partial charge in [-0.1, -0.05) is 24.3 Å². The second-order valence-corrected chi connectivity index (χ2v) is 6.31. The number of aryl methyl sites for hydroxylation is 1. The zero-order valence-electron chi connectivity index (χ0n) is 14.4. The van der Waals surface area contributed by atoms with E-state index in [2.05, 4.69) is 27.9 Å². The molecule has 5 nitrogen and oxygen atoms in total. The molecule has 0 saturated heterocycles. The SMILES string of the molecule is Cc1nn(C(F)F)c(C)c1CC(=O)NCC1NCCc2ccccc21. The Kier molecular flexibility index (Phi) is 5.13. The Labute approximate surface area is 145 Å². The highest BCUT2D eigenvalue weighted by Crippen LogP contribution is 2.22. The molecule has 0 aliphatic carbocycles. The van der Waals surface area contributed by atoms with E-state index < -0.39 is 6.55 Å². The molecule has 134 valence electrons. The third-order valence-electron chi connectivity index (χ3n) is 4.72. The predicted octanol–water partition coefficient (Wildman–Crippen LogP) is 2.44. The number of nitrogens with one attached hydrogen (secondary N) is 2. The Hall–Kier alpha value is -2.28. The summed E-state index contributed by atoms with van der Waals surface area (Å²) in [6.45, 7) is 1.85. The number of hydrogen-bond donors (Lipinski definition) is 2. The van der Waals surface area contributed by atoms with Gasteiger partial charge in [-0.05, 0) is 37.9 Å². The van der Waals surface area contributed by atoms with Crippen LogP contribution in [0.5, 0.6) is 0 Å². The van der Waals surface area contributed by atoms with Crippen molar-refractivity contribution in [2.45, 2.75) is 39.3 Å². The summed E-state index contributed by atoms with van der Waals surface area (Å²) >= 11 is 0. The monoisotopic (exact) mass is 348 g/mol. The highest BCUT2D eigenvalue weighted by molar-refractivity contribution is 5.79. The Balaban J connectivity index is 1.63. The summed E-state index contributed by atoms with van der Waals surface area (Å²) < 4.78 is 26.4. The molecule has 2 N–H and O–H groups in total. The highest BCUT2D eigenvalue weighted by Gasteiger charge is 2.22. The van der Waals surface area contributed by atoms with Crippen molar-refractivity contribution in [3.63, 3.8) is 0 Å². The van der Waals surface area contributed by atoms with Crippen LogP contribution in [0.2, 0.25) is 0 Å². The number of hydrogen-bond acceptors (Lipinski definition) is 3. The predicted molar refractivity (Wildman–Crippen MR) is 90.6 cm³/mol. The minimum Gasteiger partial charge on any atom is -0.354 e. The van der Waals surface area contributed by atoms with Crippen molar-refractivity contribution in [3.05, 3.63) is 52.3 Å². The van der Waals surface area contributed by atoms with Crippen LogP contribution >= 0.6 is 0 Å². The quantitative estimate of drug-likeness (QED) is 0.873. The molecule has 2 aromatic rings. The number of benzene rings is 1. The largest absolute Gasteiger partial charge is 0.354 e. The molecule has 1 aliphatic heterocycles. The van der Waals surface area contributed by atoms with E-state index in [1.165, 1.54) is 11.1 Å². The van der Waals surface area contributed by atoms with Crippen LogP contribution in [0.1, 0.15) is 40.7 Å². The van der Waals surface area contributed by atoms with E-state index in [1.807, 2.05) is 12.1 Å². The molecular weight excluding hydrogens is 326 g/mol. The van der Waals surface area contributed by atoms with Gasteiger partial charge in [0.1, 0.15) is 0 Å². The number of nitrogens with zero attached hydrogens (tertiary/aromatic N) is 2. The number of carbonyl (C=O) groups is 1. The molecule has 0 saturated carbocycles. The normalized spacial score (nSPS) is 16.8. The van der Waals surface area contributed by atoms with E-state index in [9.17, 15) is 13.6 Å². The van der Waals surface area contributed by atoms with E-state index in [-0.39, 0.29) is 18.4 Å². The van der Waals surface area contributed by atoms with Gasteiger partial charge in [-0.2, -0.15) is 13.9 Å². The summed E-state index contributed by atoms with van der Waals surface area (Å²) in [5.74, 6) is -0.190. The van der Waals surface area contributed by atoms with Gasteiger partial charge in [0.15, 0.2) is 0 Å². The van der Waals surface area contributed by atoms with Crippen molar-refractivity contribution in [1.82, 2.24) is 20.4 Å². The number of amides is 1. The summed E-state index contributed by atoms with van der Waals surface area (Å²) in [5.41, 5.74) is 3.87. The minimum absolute atomic E-state index is 0.0543. The maximum atomic E-state index is 12.9. The standard InChI is InChI=1S/C18H22F2N4O/c1-11-15(12(2)24(23-11)18(19)20)9-17(25)22-10-16-14-6-4-3-5-13(14)7-8-21-16/h3-6,16,18,21H,7-10H2,1-2H3,(H,22,25). The first kappa shape index (κ1) is 17.5. The number of rotatable bonds is 5. The average Bonchev–Trinajstić information content (AvgIpc) is 2.88. The molecule has 1 amide bonds. The Morgan fingerprint density at radius 1 is 1.40 bits per heavy atom. The smallest absolute Gasteiger partial charge is 0.333 e. The molecule has 0 bridgehead atoms. The Morgan fingerprint density at radius 2 is 2.16 bits per heavy atom. The van der Waals surface area contributed by atoms with E-state index in [1.54, 1.807) is 13.8 Å². The molecule has 1 unspecified atom stereocenters. The first-order valence-corrected chi connectivity index (χ1v) is 8.38. The average molecular weight is 348 g/mol. The highest BCUT2D eigenvalue weighted by atomic mass is 19.3. The van der Waals surface area contributed by atoms with Crippen molar-refractivity contribution >= 4 is 5.91 Å². The zero-order valence-corrected chi connectivity index (χ0v) is 14.4. The lowest BCUT2D eigenvalue weighted by Gasteiger charge is -2.27. The number of aromatic nitrogens is 2. The van der Waals surface area contributed by atoms with E-state index in [0.717, 1.165) is 13.0 Å². The number of alkyl halides is 2. The first-order chi connectivity index (χ1) is 12.0. The maximum Gasteiger partial charge on any atom is 0.333 e. The van der Waals surface area contributed by atoms with Gasteiger partial charge in [0.05, 0.1) is 12.1 Å². The summed E-state index contributed by atoms with van der Waals surface area (Å²) in [5, 5.41) is 10.1. The van der Waals surface area contributed by atoms with Gasteiger partial charge in [-0.15, -0.1) is 0 Å². The van der Waals surface area contributed by atoms with Gasteiger partial charge < -0.3 is 10.6 Å². The molecule has 1 aromatic heterocycles. The molecular formula is C18H22F2N4O. The van der Waals surface area contributed by atoms with Gasteiger partial charge in [0, 0.05) is 23.8 Å². The van der Waals surface area contributed by atoms with Crippen molar-refractivity contribution in [2.75, 3.05) is 13.1 Å². The van der Waals surface area contributed by atoms with Crippen molar-refractivity contribution in [2.24, 2.45) is 0 Å². The molecule has 0 spiro atoms. The molecule has 3 rings (SSSR count). The van der Waals surface area contributed by atoms with Crippen LogP contribution < -0.4 is 10.6 Å². The third kappa shape index (κ3) is 3.71. The summed E-state index contributed by atoms with van der Waals surface area (Å²) in [7, 11) is 0. The summed E-state index contributed by atoms with van der Waals surface area (Å²) in [4.78, 5) is 12.3.